The number of hydrogen-bond donors (Lipinski definition) is 2. The van der Waals surface area contributed by atoms with E-state index < -0.39 is 5.97 Å². The Morgan fingerprint density at radius 3 is 2.24 bits per heavy atom. The number of aliphatic carboxylic acids is 1. The minimum absolute atomic E-state index is 0.00681. The van der Waals surface area contributed by atoms with Crippen LogP contribution in [-0.4, -0.2) is 35.5 Å². The van der Waals surface area contributed by atoms with Crippen LogP contribution in [0.15, 0.2) is 60.7 Å². The predicted molar refractivity (Wildman–Crippen MR) is 152 cm³/mol. The van der Waals surface area contributed by atoms with Crippen LogP contribution >= 0.6 is 0 Å². The Kier molecular flexibility index (Phi) is 7.98. The molecule has 38 heavy (non-hydrogen) atoms. The second-order valence-electron chi connectivity index (χ2n) is 10.2. The van der Waals surface area contributed by atoms with E-state index in [0.29, 0.717) is 11.1 Å². The fourth-order valence-electron chi connectivity index (χ4n) is 5.43. The number of ether oxygens (including phenoxy) is 2. The van der Waals surface area contributed by atoms with E-state index in [1.165, 1.54) is 29.4 Å². The molecule has 0 aromatic heterocycles. The molecule has 1 aliphatic heterocycles. The van der Waals surface area contributed by atoms with Crippen LogP contribution in [0, 0.1) is 6.92 Å². The summed E-state index contributed by atoms with van der Waals surface area (Å²) in [6.45, 7) is 9.56. The molecule has 1 heterocycles. The van der Waals surface area contributed by atoms with Gasteiger partial charge in [0.1, 0.15) is 5.60 Å². The van der Waals surface area contributed by atoms with Crippen molar-refractivity contribution in [1.29, 1.82) is 0 Å². The highest BCUT2D eigenvalue weighted by atomic mass is 16.6. The van der Waals surface area contributed by atoms with Crippen LogP contribution in [0.2, 0.25) is 0 Å². The van der Waals surface area contributed by atoms with Crippen LogP contribution in [0.4, 0.5) is 0 Å². The van der Waals surface area contributed by atoms with E-state index in [-0.39, 0.29) is 28.9 Å². The van der Waals surface area contributed by atoms with Gasteiger partial charge in [0.2, 0.25) is 0 Å². The Morgan fingerprint density at radius 2 is 1.71 bits per heavy atom. The quantitative estimate of drug-likeness (QED) is 0.262. The Balaban J connectivity index is 1.68. The lowest BCUT2D eigenvalue weighted by atomic mass is 9.70. The summed E-state index contributed by atoms with van der Waals surface area (Å²) in [5.41, 5.74) is 6.65. The first-order valence-electron chi connectivity index (χ1n) is 13.4. The molecule has 0 saturated carbocycles. The van der Waals surface area contributed by atoms with Gasteiger partial charge in [0, 0.05) is 11.0 Å². The summed E-state index contributed by atoms with van der Waals surface area (Å²) >= 11 is 0. The molecule has 5 heteroatoms. The van der Waals surface area contributed by atoms with Gasteiger partial charge in [0.15, 0.2) is 11.5 Å². The van der Waals surface area contributed by atoms with Gasteiger partial charge in [-0.3, -0.25) is 4.79 Å². The number of rotatable bonds is 11. The Hall–Kier alpha value is -3.57. The molecule has 1 saturated heterocycles. The number of hydrogen-bond acceptors (Lipinski definition) is 4. The molecule has 5 nitrogen and oxygen atoms in total. The largest absolute Gasteiger partial charge is 0.504 e. The highest BCUT2D eigenvalue weighted by Gasteiger charge is 2.39. The second kappa shape index (κ2) is 11.0. The van der Waals surface area contributed by atoms with Crippen molar-refractivity contribution in [2.24, 2.45) is 0 Å². The normalized spacial score (nSPS) is 17.1. The van der Waals surface area contributed by atoms with Crippen molar-refractivity contribution in [3.63, 3.8) is 0 Å². The average Bonchev–Trinajstić information content (AvgIpc) is 3.70. The Morgan fingerprint density at radius 1 is 1.05 bits per heavy atom. The lowest BCUT2D eigenvalue weighted by Gasteiger charge is -2.34. The molecule has 0 bridgehead atoms. The Bertz CT molecular complexity index is 1330. The predicted octanol–water partition coefficient (Wildman–Crippen LogP) is 7.30. The molecule has 200 valence electrons. The minimum atomic E-state index is -0.933. The van der Waals surface area contributed by atoms with E-state index in [0.717, 1.165) is 31.4 Å². The minimum Gasteiger partial charge on any atom is -0.504 e. The molecule has 1 aliphatic rings. The number of carboxylic acid groups (broad SMARTS) is 1. The third kappa shape index (κ3) is 5.34. The number of methoxy groups -OCH3 is 1. The van der Waals surface area contributed by atoms with Gasteiger partial charge < -0.3 is 19.7 Å². The monoisotopic (exact) mass is 514 g/mol. The number of carbonyl (C=O) groups is 1. The van der Waals surface area contributed by atoms with Gasteiger partial charge in [-0.05, 0) is 77.8 Å². The molecule has 0 aliphatic carbocycles. The topological polar surface area (TPSA) is 79.3 Å². The van der Waals surface area contributed by atoms with E-state index in [4.69, 9.17) is 9.47 Å². The van der Waals surface area contributed by atoms with Crippen LogP contribution < -0.4 is 4.74 Å². The summed E-state index contributed by atoms with van der Waals surface area (Å²) in [5.74, 6) is -0.661. The SMILES string of the molecule is CCC1(/C=C/c2ccc(C(CC)(CC)c3ccc(-c4cc(CC(=O)O)cc(OC)c4O)cc3)cc2C)CO1. The maximum absolute atomic E-state index is 11.3. The van der Waals surface area contributed by atoms with Crippen molar-refractivity contribution in [2.45, 2.75) is 64.4 Å². The van der Waals surface area contributed by atoms with Crippen molar-refractivity contribution in [3.05, 3.63) is 88.5 Å². The average molecular weight is 515 g/mol. The molecule has 3 aromatic rings. The first kappa shape index (κ1) is 27.5. The van der Waals surface area contributed by atoms with Crippen LogP contribution in [0.25, 0.3) is 17.2 Å². The fraction of sp³-hybridized carbons (Fsp3) is 0.364. The zero-order valence-corrected chi connectivity index (χ0v) is 23.0. The van der Waals surface area contributed by atoms with Gasteiger partial charge in [0.05, 0.1) is 20.1 Å². The maximum atomic E-state index is 11.3. The third-order valence-electron chi connectivity index (χ3n) is 8.17. The molecule has 1 atom stereocenters. The summed E-state index contributed by atoms with van der Waals surface area (Å²) in [6.07, 6.45) is 7.10. The first-order valence-corrected chi connectivity index (χ1v) is 13.4. The lowest BCUT2D eigenvalue weighted by Crippen LogP contribution is -2.26. The van der Waals surface area contributed by atoms with E-state index in [1.54, 1.807) is 12.1 Å². The van der Waals surface area contributed by atoms with E-state index in [1.807, 2.05) is 12.1 Å². The number of phenols is 1. The van der Waals surface area contributed by atoms with E-state index in [9.17, 15) is 15.0 Å². The number of epoxide rings is 1. The molecule has 2 N–H and O–H groups in total. The van der Waals surface area contributed by atoms with Crippen molar-refractivity contribution in [3.8, 4) is 22.6 Å². The first-order chi connectivity index (χ1) is 18.2. The summed E-state index contributed by atoms with van der Waals surface area (Å²) in [4.78, 5) is 11.3. The van der Waals surface area contributed by atoms with E-state index >= 15 is 0 Å². The molecule has 1 fully saturated rings. The summed E-state index contributed by atoms with van der Waals surface area (Å²) < 4.78 is 10.9. The molecule has 1 unspecified atom stereocenters. The van der Waals surface area contributed by atoms with Gasteiger partial charge in [-0.15, -0.1) is 0 Å². The highest BCUT2D eigenvalue weighted by molar-refractivity contribution is 5.77. The smallest absolute Gasteiger partial charge is 0.307 e. The summed E-state index contributed by atoms with van der Waals surface area (Å²) in [7, 11) is 1.47. The molecule has 4 rings (SSSR count). The summed E-state index contributed by atoms with van der Waals surface area (Å²) in [5, 5.41) is 20.0. The van der Waals surface area contributed by atoms with Gasteiger partial charge in [-0.1, -0.05) is 69.3 Å². The molecule has 0 radical (unpaired) electrons. The molecule has 0 spiro atoms. The number of benzene rings is 3. The van der Waals surface area contributed by atoms with Crippen LogP contribution in [-0.2, 0) is 21.4 Å². The number of carboxylic acids is 1. The Labute approximate surface area is 225 Å². The molecule has 3 aromatic carbocycles. The van der Waals surface area contributed by atoms with Crippen LogP contribution in [0.5, 0.6) is 11.5 Å². The van der Waals surface area contributed by atoms with Crippen molar-refractivity contribution in [1.82, 2.24) is 0 Å². The fourth-order valence-corrected chi connectivity index (χ4v) is 5.43. The molecular formula is C33H38O5. The van der Waals surface area contributed by atoms with Gasteiger partial charge >= 0.3 is 5.97 Å². The van der Waals surface area contributed by atoms with Gasteiger partial charge in [-0.25, -0.2) is 0 Å². The second-order valence-corrected chi connectivity index (χ2v) is 10.2. The number of aryl methyl sites for hydroxylation is 1. The molecular weight excluding hydrogens is 476 g/mol. The maximum Gasteiger partial charge on any atom is 0.307 e. The van der Waals surface area contributed by atoms with E-state index in [2.05, 4.69) is 70.2 Å². The number of aromatic hydroxyl groups is 1. The van der Waals surface area contributed by atoms with Gasteiger partial charge in [0.25, 0.3) is 0 Å². The molecule has 0 amide bonds. The van der Waals surface area contributed by atoms with Gasteiger partial charge in [-0.2, -0.15) is 0 Å². The zero-order valence-electron chi connectivity index (χ0n) is 23.0. The third-order valence-corrected chi connectivity index (χ3v) is 8.17. The van der Waals surface area contributed by atoms with Crippen LogP contribution in [0.1, 0.15) is 67.9 Å². The highest BCUT2D eigenvalue weighted by Crippen LogP contribution is 2.43. The number of phenolic OH excluding ortho intramolecular Hbond substituents is 1. The standard InChI is InChI=1S/C33H38O5/c1-6-32(21-38-32)16-15-24-9-14-27(17-22(24)4)33(7-2,8-3)26-12-10-25(11-13-26)28-18-23(20-30(34)35)19-29(37-5)31(28)36/h9-19,36H,6-8,20-21H2,1-5H3,(H,34,35)/b16-15+. The summed E-state index contributed by atoms with van der Waals surface area (Å²) in [6, 6.07) is 18.3. The van der Waals surface area contributed by atoms with Crippen molar-refractivity contribution in [2.75, 3.05) is 13.7 Å². The lowest BCUT2D eigenvalue weighted by molar-refractivity contribution is -0.136. The van der Waals surface area contributed by atoms with Crippen molar-refractivity contribution < 1.29 is 24.5 Å². The van der Waals surface area contributed by atoms with Crippen LogP contribution in [0.3, 0.4) is 0 Å². The zero-order chi connectivity index (χ0) is 27.5. The van der Waals surface area contributed by atoms with Crippen molar-refractivity contribution >= 4 is 12.0 Å².